The van der Waals surface area contributed by atoms with E-state index < -0.39 is 38.8 Å². The predicted molar refractivity (Wildman–Crippen MR) is 86.7 cm³/mol. The minimum Gasteiger partial charge on any atom is -0.395 e. The normalized spacial score (nSPS) is 25.9. The standard InChI is InChI=1S/C17H13ClFNO3S/c18-12-4-6-14(7-5-12)24(22,23)16-15(17(16,9-20)10-21)11-2-1-3-13(19)8-11/h1-8,15-16,21H,10H2/t15-,16+,17-/m0/s1. The molecule has 3 rings (SSSR count). The Morgan fingerprint density at radius 2 is 1.92 bits per heavy atom. The number of hydrogen-bond acceptors (Lipinski definition) is 4. The van der Waals surface area contributed by atoms with Gasteiger partial charge in [-0.3, -0.25) is 0 Å². The number of benzene rings is 2. The van der Waals surface area contributed by atoms with Crippen LogP contribution in [0, 0.1) is 22.6 Å². The molecule has 24 heavy (non-hydrogen) atoms. The van der Waals surface area contributed by atoms with Gasteiger partial charge in [-0.05, 0) is 42.0 Å². The summed E-state index contributed by atoms with van der Waals surface area (Å²) in [5.41, 5.74) is -1.10. The summed E-state index contributed by atoms with van der Waals surface area (Å²) < 4.78 is 39.3. The summed E-state index contributed by atoms with van der Waals surface area (Å²) in [5.74, 6) is -1.31. The van der Waals surface area contributed by atoms with Crippen molar-refractivity contribution in [2.45, 2.75) is 16.1 Å². The Morgan fingerprint density at radius 1 is 1.25 bits per heavy atom. The molecular weight excluding hydrogens is 353 g/mol. The van der Waals surface area contributed by atoms with Crippen LogP contribution in [0.2, 0.25) is 5.02 Å². The zero-order chi connectivity index (χ0) is 17.5. The van der Waals surface area contributed by atoms with Crippen molar-refractivity contribution in [2.24, 2.45) is 5.41 Å². The minimum atomic E-state index is -3.89. The Morgan fingerprint density at radius 3 is 2.46 bits per heavy atom. The molecule has 1 N–H and O–H groups in total. The molecule has 0 unspecified atom stereocenters. The number of hydrogen-bond donors (Lipinski definition) is 1. The second-order valence-electron chi connectivity index (χ2n) is 5.76. The van der Waals surface area contributed by atoms with E-state index in [0.717, 1.165) is 0 Å². The number of aliphatic hydroxyl groups excluding tert-OH is 1. The predicted octanol–water partition coefficient (Wildman–Crippen LogP) is 2.92. The van der Waals surface area contributed by atoms with Crippen LogP contribution in [-0.2, 0) is 9.84 Å². The van der Waals surface area contributed by atoms with Crippen LogP contribution in [0.4, 0.5) is 4.39 Å². The van der Waals surface area contributed by atoms with Crippen molar-refractivity contribution in [1.29, 1.82) is 5.26 Å². The first-order valence-electron chi connectivity index (χ1n) is 7.14. The van der Waals surface area contributed by atoms with Crippen LogP contribution in [0.3, 0.4) is 0 Å². The first-order chi connectivity index (χ1) is 11.4. The summed E-state index contributed by atoms with van der Waals surface area (Å²) >= 11 is 5.78. The minimum absolute atomic E-state index is 0.0175. The van der Waals surface area contributed by atoms with E-state index in [1.165, 1.54) is 42.5 Å². The number of halogens is 2. The van der Waals surface area contributed by atoms with E-state index in [1.807, 2.05) is 6.07 Å². The molecule has 1 aliphatic rings. The Hall–Kier alpha value is -1.94. The molecule has 7 heteroatoms. The Bertz CT molecular complexity index is 924. The van der Waals surface area contributed by atoms with Gasteiger partial charge in [-0.1, -0.05) is 23.7 Å². The van der Waals surface area contributed by atoms with Crippen molar-refractivity contribution in [3.8, 4) is 6.07 Å². The van der Waals surface area contributed by atoms with Gasteiger partial charge in [0.25, 0.3) is 0 Å². The average molecular weight is 366 g/mol. The number of nitriles is 1. The summed E-state index contributed by atoms with van der Waals surface area (Å²) in [5, 5.41) is 18.4. The van der Waals surface area contributed by atoms with Gasteiger partial charge in [0.15, 0.2) is 9.84 Å². The molecule has 0 radical (unpaired) electrons. The molecule has 1 fully saturated rings. The van der Waals surface area contributed by atoms with Gasteiger partial charge in [0.05, 0.1) is 22.8 Å². The van der Waals surface area contributed by atoms with Crippen LogP contribution in [0.5, 0.6) is 0 Å². The molecule has 1 saturated carbocycles. The first kappa shape index (κ1) is 16.9. The molecule has 1 aliphatic carbocycles. The highest BCUT2D eigenvalue weighted by Crippen LogP contribution is 2.63. The molecular formula is C17H13ClFNO3S. The maximum atomic E-state index is 13.5. The largest absolute Gasteiger partial charge is 0.395 e. The molecule has 0 aliphatic heterocycles. The monoisotopic (exact) mass is 365 g/mol. The van der Waals surface area contributed by atoms with Crippen molar-refractivity contribution < 1.29 is 17.9 Å². The van der Waals surface area contributed by atoms with Crippen molar-refractivity contribution in [3.05, 3.63) is 64.9 Å². The molecule has 2 aromatic carbocycles. The van der Waals surface area contributed by atoms with E-state index in [2.05, 4.69) is 0 Å². The van der Waals surface area contributed by atoms with Crippen molar-refractivity contribution in [3.63, 3.8) is 0 Å². The first-order valence-corrected chi connectivity index (χ1v) is 9.06. The Labute approximate surface area is 144 Å². The lowest BCUT2D eigenvalue weighted by atomic mass is 10.0. The fourth-order valence-corrected chi connectivity index (χ4v) is 5.60. The van der Waals surface area contributed by atoms with Gasteiger partial charge in [-0.2, -0.15) is 5.26 Å². The zero-order valence-corrected chi connectivity index (χ0v) is 13.9. The highest BCUT2D eigenvalue weighted by atomic mass is 35.5. The molecule has 0 heterocycles. The third kappa shape index (κ3) is 2.49. The topological polar surface area (TPSA) is 78.2 Å². The highest BCUT2D eigenvalue weighted by Gasteiger charge is 2.72. The molecule has 4 nitrogen and oxygen atoms in total. The van der Waals surface area contributed by atoms with E-state index in [0.29, 0.717) is 10.6 Å². The Balaban J connectivity index is 2.08. The lowest BCUT2D eigenvalue weighted by Gasteiger charge is -2.06. The van der Waals surface area contributed by atoms with Crippen LogP contribution in [-0.4, -0.2) is 25.4 Å². The van der Waals surface area contributed by atoms with Crippen molar-refractivity contribution >= 4 is 21.4 Å². The lowest BCUT2D eigenvalue weighted by molar-refractivity contribution is 0.242. The van der Waals surface area contributed by atoms with Gasteiger partial charge in [-0.25, -0.2) is 12.8 Å². The summed E-state index contributed by atoms with van der Waals surface area (Å²) in [4.78, 5) is 0.0175. The quantitative estimate of drug-likeness (QED) is 0.903. The maximum absolute atomic E-state index is 13.5. The van der Waals surface area contributed by atoms with Gasteiger partial charge in [-0.15, -0.1) is 0 Å². The number of nitrogens with zero attached hydrogens (tertiary/aromatic N) is 1. The molecule has 2 aromatic rings. The van der Waals surface area contributed by atoms with Gasteiger partial charge in [0.1, 0.15) is 11.2 Å². The van der Waals surface area contributed by atoms with Crippen molar-refractivity contribution in [2.75, 3.05) is 6.61 Å². The fourth-order valence-electron chi connectivity index (χ4n) is 3.16. The highest BCUT2D eigenvalue weighted by molar-refractivity contribution is 7.92. The van der Waals surface area contributed by atoms with Crippen molar-refractivity contribution in [1.82, 2.24) is 0 Å². The number of sulfone groups is 1. The van der Waals surface area contributed by atoms with Crippen LogP contribution >= 0.6 is 11.6 Å². The summed E-state index contributed by atoms with van der Waals surface area (Å²) in [7, 11) is -3.89. The molecule has 0 amide bonds. The van der Waals surface area contributed by atoms with Crippen LogP contribution in [0.25, 0.3) is 0 Å². The number of aliphatic hydroxyl groups is 1. The van der Waals surface area contributed by atoms with Gasteiger partial charge in [0.2, 0.25) is 0 Å². The summed E-state index contributed by atoms with van der Waals surface area (Å²) in [6.45, 7) is -0.623. The molecule has 124 valence electrons. The van der Waals surface area contributed by atoms with E-state index >= 15 is 0 Å². The zero-order valence-electron chi connectivity index (χ0n) is 12.4. The van der Waals surface area contributed by atoms with Crippen LogP contribution in [0.15, 0.2) is 53.4 Å². The molecule has 0 saturated heterocycles. The lowest BCUT2D eigenvalue weighted by Crippen LogP contribution is -2.18. The molecule has 3 atom stereocenters. The van der Waals surface area contributed by atoms with Crippen LogP contribution < -0.4 is 0 Å². The number of rotatable bonds is 4. The molecule has 0 spiro atoms. The average Bonchev–Trinajstić information content (AvgIpc) is 3.26. The summed E-state index contributed by atoms with van der Waals surface area (Å²) in [6, 6.07) is 13.0. The summed E-state index contributed by atoms with van der Waals surface area (Å²) in [6.07, 6.45) is 0. The smallest absolute Gasteiger partial charge is 0.183 e. The fraction of sp³-hybridized carbons (Fsp3) is 0.235. The maximum Gasteiger partial charge on any atom is 0.183 e. The Kier molecular flexibility index (Phi) is 4.12. The molecule has 0 aromatic heterocycles. The van der Waals surface area contributed by atoms with E-state index in [4.69, 9.17) is 11.6 Å². The van der Waals surface area contributed by atoms with Gasteiger partial charge in [0, 0.05) is 10.9 Å². The van der Waals surface area contributed by atoms with Gasteiger partial charge >= 0.3 is 0 Å². The van der Waals surface area contributed by atoms with E-state index in [-0.39, 0.29) is 4.90 Å². The SMILES string of the molecule is N#C[C@@]1(CO)[C@H](S(=O)(=O)c2ccc(Cl)cc2)[C@@H]1c1cccc(F)c1. The third-order valence-corrected chi connectivity index (χ3v) is 6.95. The van der Waals surface area contributed by atoms with Gasteiger partial charge < -0.3 is 5.11 Å². The third-order valence-electron chi connectivity index (χ3n) is 4.41. The van der Waals surface area contributed by atoms with E-state index in [9.17, 15) is 23.2 Å². The second kappa shape index (κ2) is 5.85. The van der Waals surface area contributed by atoms with E-state index in [1.54, 1.807) is 6.07 Å². The second-order valence-corrected chi connectivity index (χ2v) is 8.27. The van der Waals surface area contributed by atoms with Crippen LogP contribution in [0.1, 0.15) is 11.5 Å². The molecule has 0 bridgehead atoms.